The van der Waals surface area contributed by atoms with Gasteiger partial charge < -0.3 is 19.9 Å². The van der Waals surface area contributed by atoms with Gasteiger partial charge in [-0.25, -0.2) is 0 Å². The van der Waals surface area contributed by atoms with E-state index >= 15 is 0 Å². The van der Waals surface area contributed by atoms with Crippen molar-refractivity contribution in [2.24, 2.45) is 0 Å². The largest absolute Gasteiger partial charge is 0.398 e. The molecule has 2 rings (SSSR count). The fraction of sp³-hybridized carbons (Fsp3) is 0.538. The number of nitrogens with two attached hydrogens (primary N) is 1. The molecule has 1 fully saturated rings. The smallest absolute Gasteiger partial charge is 0.251 e. The summed E-state index contributed by atoms with van der Waals surface area (Å²) in [4.78, 5) is 25.7. The van der Waals surface area contributed by atoms with Crippen molar-refractivity contribution in [1.29, 1.82) is 0 Å². The van der Waals surface area contributed by atoms with Crippen LogP contribution in [0, 0.1) is 0 Å². The number of amides is 1. The summed E-state index contributed by atoms with van der Waals surface area (Å²) in [5.74, 6) is -0.0627. The van der Waals surface area contributed by atoms with Crippen molar-refractivity contribution in [3.8, 4) is 0 Å². The van der Waals surface area contributed by atoms with E-state index in [1.165, 1.54) is 22.9 Å². The van der Waals surface area contributed by atoms with Gasteiger partial charge in [0, 0.05) is 37.6 Å². The molecular formula is C13H19N3O3. The average Bonchev–Trinajstić information content (AvgIpc) is 3.19. The summed E-state index contributed by atoms with van der Waals surface area (Å²) in [5.41, 5.74) is 5.88. The van der Waals surface area contributed by atoms with Crippen LogP contribution < -0.4 is 11.3 Å². The van der Waals surface area contributed by atoms with E-state index < -0.39 is 0 Å². The number of methoxy groups -OCH3 is 1. The maximum Gasteiger partial charge on any atom is 0.251 e. The van der Waals surface area contributed by atoms with Gasteiger partial charge in [0.25, 0.3) is 5.56 Å². The molecule has 0 atom stereocenters. The zero-order valence-electron chi connectivity index (χ0n) is 11.0. The summed E-state index contributed by atoms with van der Waals surface area (Å²) in [6.45, 7) is 1.11. The highest BCUT2D eigenvalue weighted by atomic mass is 16.5. The summed E-state index contributed by atoms with van der Waals surface area (Å²) in [6, 6.07) is 3.21. The minimum absolute atomic E-state index is 0.0318. The highest BCUT2D eigenvalue weighted by Crippen LogP contribution is 2.26. The van der Waals surface area contributed by atoms with Gasteiger partial charge in [-0.1, -0.05) is 0 Å². The number of carbonyl (C=O) groups excluding carboxylic acids is 1. The molecule has 6 nitrogen and oxygen atoms in total. The lowest BCUT2D eigenvalue weighted by Gasteiger charge is -2.22. The Hall–Kier alpha value is -1.82. The number of anilines is 1. The molecule has 1 aromatic rings. The van der Waals surface area contributed by atoms with Gasteiger partial charge in [0.2, 0.25) is 5.91 Å². The maximum absolute atomic E-state index is 12.2. The second kappa shape index (κ2) is 5.88. The predicted molar refractivity (Wildman–Crippen MR) is 71.7 cm³/mol. The molecule has 0 radical (unpaired) electrons. The summed E-state index contributed by atoms with van der Waals surface area (Å²) < 4.78 is 6.36. The molecule has 104 valence electrons. The molecular weight excluding hydrogens is 246 g/mol. The standard InChI is InChI=1S/C13H19N3O3/c1-19-7-6-16(11-3-4-11)13(18)9-15-8-10(14)2-5-12(15)17/h2,5,8,11H,3-4,6-7,9,14H2,1H3. The highest BCUT2D eigenvalue weighted by Gasteiger charge is 2.32. The van der Waals surface area contributed by atoms with E-state index in [2.05, 4.69) is 0 Å². The Morgan fingerprint density at radius 3 is 2.89 bits per heavy atom. The third kappa shape index (κ3) is 3.57. The van der Waals surface area contributed by atoms with Crippen molar-refractivity contribution in [3.63, 3.8) is 0 Å². The van der Waals surface area contributed by atoms with Gasteiger partial charge in [-0.2, -0.15) is 0 Å². The number of rotatable bonds is 6. The van der Waals surface area contributed by atoms with Crippen LogP contribution in [0.4, 0.5) is 5.69 Å². The zero-order valence-corrected chi connectivity index (χ0v) is 11.0. The lowest BCUT2D eigenvalue weighted by molar-refractivity contribution is -0.133. The van der Waals surface area contributed by atoms with Gasteiger partial charge in [-0.15, -0.1) is 0 Å². The Balaban J connectivity index is 2.05. The van der Waals surface area contributed by atoms with Crippen molar-refractivity contribution >= 4 is 11.6 Å². The van der Waals surface area contributed by atoms with Crippen molar-refractivity contribution in [1.82, 2.24) is 9.47 Å². The van der Waals surface area contributed by atoms with Crippen molar-refractivity contribution in [3.05, 3.63) is 28.7 Å². The van der Waals surface area contributed by atoms with E-state index in [4.69, 9.17) is 10.5 Å². The van der Waals surface area contributed by atoms with E-state index in [1.54, 1.807) is 12.0 Å². The molecule has 2 N–H and O–H groups in total. The second-order valence-electron chi connectivity index (χ2n) is 4.74. The van der Waals surface area contributed by atoms with Crippen molar-refractivity contribution < 1.29 is 9.53 Å². The van der Waals surface area contributed by atoms with Gasteiger partial charge >= 0.3 is 0 Å². The van der Waals surface area contributed by atoms with Crippen LogP contribution in [-0.2, 0) is 16.1 Å². The topological polar surface area (TPSA) is 77.6 Å². The normalized spacial score (nSPS) is 14.4. The van der Waals surface area contributed by atoms with E-state index in [0.717, 1.165) is 12.8 Å². The first-order valence-corrected chi connectivity index (χ1v) is 6.36. The monoisotopic (exact) mass is 265 g/mol. The van der Waals surface area contributed by atoms with Crippen molar-refractivity contribution in [2.75, 3.05) is 26.0 Å². The molecule has 0 bridgehead atoms. The molecule has 0 aromatic carbocycles. The van der Waals surface area contributed by atoms with Crippen LogP contribution >= 0.6 is 0 Å². The lowest BCUT2D eigenvalue weighted by Crippen LogP contribution is -2.39. The van der Waals surface area contributed by atoms with E-state index in [9.17, 15) is 9.59 Å². The quantitative estimate of drug-likeness (QED) is 0.789. The van der Waals surface area contributed by atoms with Crippen molar-refractivity contribution in [2.45, 2.75) is 25.4 Å². The minimum Gasteiger partial charge on any atom is -0.398 e. The van der Waals surface area contributed by atoms with Crippen LogP contribution in [0.2, 0.25) is 0 Å². The molecule has 1 saturated carbocycles. The Morgan fingerprint density at radius 2 is 2.26 bits per heavy atom. The van der Waals surface area contributed by atoms with E-state index in [1.807, 2.05) is 0 Å². The number of nitrogen functional groups attached to an aromatic ring is 1. The molecule has 19 heavy (non-hydrogen) atoms. The van der Waals surface area contributed by atoms with Gasteiger partial charge in [-0.3, -0.25) is 9.59 Å². The number of pyridine rings is 1. The van der Waals surface area contributed by atoms with Crippen LogP contribution in [0.1, 0.15) is 12.8 Å². The average molecular weight is 265 g/mol. The first-order chi connectivity index (χ1) is 9.11. The fourth-order valence-corrected chi connectivity index (χ4v) is 2.00. The van der Waals surface area contributed by atoms with Gasteiger partial charge in [0.1, 0.15) is 6.54 Å². The number of ether oxygens (including phenoxy) is 1. The maximum atomic E-state index is 12.2. The highest BCUT2D eigenvalue weighted by molar-refractivity contribution is 5.76. The second-order valence-corrected chi connectivity index (χ2v) is 4.74. The molecule has 1 aliphatic rings. The Labute approximate surface area is 111 Å². The number of carbonyl (C=O) groups is 1. The summed E-state index contributed by atoms with van der Waals surface area (Å²) in [5, 5.41) is 0. The van der Waals surface area contributed by atoms with Crippen LogP contribution in [0.5, 0.6) is 0 Å². The number of nitrogens with zero attached hydrogens (tertiary/aromatic N) is 2. The molecule has 0 aliphatic heterocycles. The molecule has 0 unspecified atom stereocenters. The third-order valence-corrected chi connectivity index (χ3v) is 3.16. The van der Waals surface area contributed by atoms with Crippen LogP contribution in [0.25, 0.3) is 0 Å². The fourth-order valence-electron chi connectivity index (χ4n) is 2.00. The first-order valence-electron chi connectivity index (χ1n) is 6.36. The molecule has 6 heteroatoms. The van der Waals surface area contributed by atoms with Crippen LogP contribution in [0.15, 0.2) is 23.1 Å². The lowest BCUT2D eigenvalue weighted by atomic mass is 10.3. The SMILES string of the molecule is COCCN(C(=O)Cn1cc(N)ccc1=O)C1CC1. The first kappa shape index (κ1) is 13.6. The van der Waals surface area contributed by atoms with E-state index in [-0.39, 0.29) is 18.0 Å². The van der Waals surface area contributed by atoms with Crippen LogP contribution in [-0.4, -0.2) is 41.7 Å². The molecule has 1 aliphatic carbocycles. The molecule has 1 heterocycles. The van der Waals surface area contributed by atoms with E-state index in [0.29, 0.717) is 24.9 Å². The number of hydrogen-bond acceptors (Lipinski definition) is 4. The zero-order chi connectivity index (χ0) is 13.8. The van der Waals surface area contributed by atoms with Gasteiger partial charge in [0.05, 0.1) is 6.61 Å². The number of hydrogen-bond donors (Lipinski definition) is 1. The van der Waals surface area contributed by atoms with Gasteiger partial charge in [0.15, 0.2) is 0 Å². The predicted octanol–water partition coefficient (Wildman–Crippen LogP) is 0.0679. The summed E-state index contributed by atoms with van der Waals surface area (Å²) in [7, 11) is 1.61. The summed E-state index contributed by atoms with van der Waals surface area (Å²) >= 11 is 0. The molecule has 0 spiro atoms. The van der Waals surface area contributed by atoms with Crippen LogP contribution in [0.3, 0.4) is 0 Å². The Morgan fingerprint density at radius 1 is 1.53 bits per heavy atom. The summed E-state index contributed by atoms with van der Waals surface area (Å²) in [6.07, 6.45) is 3.56. The molecule has 1 aromatic heterocycles. The molecule has 1 amide bonds. The molecule has 0 saturated heterocycles. The Bertz CT molecular complexity index is 508. The minimum atomic E-state index is -0.218. The number of aromatic nitrogens is 1. The van der Waals surface area contributed by atoms with Gasteiger partial charge in [-0.05, 0) is 18.9 Å². The Kier molecular flexibility index (Phi) is 4.21. The third-order valence-electron chi connectivity index (χ3n) is 3.16.